The number of pyridine rings is 2. The molecular weight excluding hydrogens is 669 g/mol. The quantitative estimate of drug-likeness (QED) is 0.231. The van der Waals surface area contributed by atoms with Gasteiger partial charge in [-0.1, -0.05) is 63.1 Å². The molecule has 0 amide bonds. The van der Waals surface area contributed by atoms with Crippen LogP contribution in [0.2, 0.25) is 0 Å². The highest BCUT2D eigenvalue weighted by Gasteiger charge is 2.60. The van der Waals surface area contributed by atoms with Gasteiger partial charge in [-0.2, -0.15) is 0 Å². The van der Waals surface area contributed by atoms with Crippen molar-refractivity contribution >= 4 is 11.9 Å². The lowest BCUT2D eigenvalue weighted by atomic mass is 9.48. The Labute approximate surface area is 322 Å². The van der Waals surface area contributed by atoms with Crippen LogP contribution < -0.4 is 0 Å². The van der Waals surface area contributed by atoms with Crippen LogP contribution in [0.15, 0.2) is 47.6 Å². The van der Waals surface area contributed by atoms with E-state index in [0.717, 1.165) is 75.6 Å². The molecule has 0 aliphatic heterocycles. The Kier molecular flexibility index (Phi) is 7.88. The molecule has 0 saturated heterocycles. The average Bonchev–Trinajstić information content (AvgIpc) is 3.61. The number of carbonyl (C=O) groups is 2. The second-order valence-corrected chi connectivity index (χ2v) is 20.2. The first-order valence-electron chi connectivity index (χ1n) is 21.5. The lowest BCUT2D eigenvalue weighted by Gasteiger charge is -2.57. The number of carbonyl (C=O) groups excluding carboxylic acids is 2. The molecule has 2 aromatic heterocycles. The zero-order valence-corrected chi connectivity index (χ0v) is 33.5. The number of esters is 2. The minimum absolute atomic E-state index is 0.0453. The summed E-state index contributed by atoms with van der Waals surface area (Å²) in [6.07, 6.45) is 20.7. The highest BCUT2D eigenvalue weighted by atomic mass is 16.5. The van der Waals surface area contributed by atoms with Gasteiger partial charge in [-0.05, 0) is 147 Å². The maximum absolute atomic E-state index is 11.7. The van der Waals surface area contributed by atoms with Gasteiger partial charge in [-0.3, -0.25) is 19.6 Å². The third-order valence-electron chi connectivity index (χ3n) is 17.7. The van der Waals surface area contributed by atoms with Crippen LogP contribution in [-0.4, -0.2) is 34.1 Å². The standard InChI is InChI=1S/C48H60N2O4/c1-27(51)53-33-15-19-45(3)31(25-33)9-11-35-37(45)17-21-47(5)39(35)23-29-7-13-41(49-43(29)47)42-14-8-30-24-40-36-12-10-32-26-34(54-28(2)52)16-20-46(32,4)38(36)18-22-48(40,6)44(30)50-42/h7-10,13-14,33-40H,11-12,15-26H2,1-6H3/t33-,34-,35+,36+,37-,38-,39-,40-,45-,46-,47-,48-/m0/s1. The van der Waals surface area contributed by atoms with Crippen molar-refractivity contribution < 1.29 is 19.1 Å². The molecule has 2 heterocycles. The number of rotatable bonds is 3. The molecule has 8 aliphatic carbocycles. The molecule has 2 aromatic rings. The minimum atomic E-state index is -0.148. The van der Waals surface area contributed by atoms with Gasteiger partial charge in [0, 0.05) is 37.5 Å². The first-order valence-corrected chi connectivity index (χ1v) is 21.5. The van der Waals surface area contributed by atoms with Gasteiger partial charge in [0.2, 0.25) is 0 Å². The van der Waals surface area contributed by atoms with Gasteiger partial charge in [0.05, 0.1) is 22.8 Å². The number of fused-ring (bicyclic) bond motifs is 14. The number of hydrogen-bond donors (Lipinski definition) is 0. The summed E-state index contributed by atoms with van der Waals surface area (Å²) in [6, 6.07) is 9.35. The Morgan fingerprint density at radius 1 is 0.556 bits per heavy atom. The Morgan fingerprint density at radius 2 is 0.963 bits per heavy atom. The number of ether oxygens (including phenoxy) is 2. The fourth-order valence-corrected chi connectivity index (χ4v) is 15.0. The van der Waals surface area contributed by atoms with Crippen molar-refractivity contribution in [2.24, 2.45) is 46.3 Å². The summed E-state index contributed by atoms with van der Waals surface area (Å²) in [6.45, 7) is 13.2. The average molecular weight is 729 g/mol. The van der Waals surface area contributed by atoms with Gasteiger partial charge in [-0.25, -0.2) is 0 Å². The first kappa shape index (κ1) is 35.2. The summed E-state index contributed by atoms with van der Waals surface area (Å²) in [4.78, 5) is 34.7. The maximum Gasteiger partial charge on any atom is 0.302 e. The highest BCUT2D eigenvalue weighted by molar-refractivity contribution is 5.66. The molecule has 0 N–H and O–H groups in total. The molecule has 0 radical (unpaired) electrons. The van der Waals surface area contributed by atoms with Crippen molar-refractivity contribution in [2.45, 2.75) is 154 Å². The molecule has 10 rings (SSSR count). The van der Waals surface area contributed by atoms with E-state index in [1.165, 1.54) is 48.2 Å². The van der Waals surface area contributed by atoms with E-state index in [-0.39, 0.29) is 45.8 Å². The smallest absolute Gasteiger partial charge is 0.302 e. The Morgan fingerprint density at radius 3 is 1.37 bits per heavy atom. The molecule has 4 saturated carbocycles. The van der Waals surface area contributed by atoms with Gasteiger partial charge in [0.15, 0.2) is 0 Å². The number of aromatic nitrogens is 2. The summed E-state index contributed by atoms with van der Waals surface area (Å²) >= 11 is 0. The second-order valence-electron chi connectivity index (χ2n) is 20.2. The van der Waals surface area contributed by atoms with Crippen LogP contribution in [0.1, 0.15) is 141 Å². The van der Waals surface area contributed by atoms with Crippen molar-refractivity contribution in [2.75, 3.05) is 0 Å². The van der Waals surface area contributed by atoms with Crippen LogP contribution >= 0.6 is 0 Å². The van der Waals surface area contributed by atoms with Crippen LogP contribution in [0.5, 0.6) is 0 Å². The van der Waals surface area contributed by atoms with Crippen molar-refractivity contribution in [3.63, 3.8) is 0 Å². The Balaban J connectivity index is 0.898. The zero-order valence-electron chi connectivity index (χ0n) is 33.5. The molecule has 0 bridgehead atoms. The summed E-state index contributed by atoms with van der Waals surface area (Å²) in [5.74, 6) is 3.65. The molecule has 12 atom stereocenters. The summed E-state index contributed by atoms with van der Waals surface area (Å²) in [7, 11) is 0. The van der Waals surface area contributed by atoms with Gasteiger partial charge >= 0.3 is 11.9 Å². The molecule has 0 aromatic carbocycles. The third kappa shape index (κ3) is 5.02. The molecule has 0 unspecified atom stereocenters. The molecule has 0 spiro atoms. The monoisotopic (exact) mass is 728 g/mol. The Bertz CT molecular complexity index is 1860. The maximum atomic E-state index is 11.7. The van der Waals surface area contributed by atoms with E-state index in [1.807, 2.05) is 0 Å². The lowest BCUT2D eigenvalue weighted by Crippen LogP contribution is -2.51. The van der Waals surface area contributed by atoms with Crippen molar-refractivity contribution in [1.82, 2.24) is 9.97 Å². The fraction of sp³-hybridized carbons (Fsp3) is 0.667. The largest absolute Gasteiger partial charge is 0.462 e. The third-order valence-corrected chi connectivity index (χ3v) is 17.7. The first-order chi connectivity index (χ1) is 25.8. The topological polar surface area (TPSA) is 78.4 Å². The summed E-state index contributed by atoms with van der Waals surface area (Å²) in [5.41, 5.74) is 11.4. The predicted molar refractivity (Wildman–Crippen MR) is 209 cm³/mol. The molecular formula is C48H60N2O4. The van der Waals surface area contributed by atoms with Crippen molar-refractivity contribution in [3.8, 4) is 11.4 Å². The van der Waals surface area contributed by atoms with Crippen molar-refractivity contribution in [3.05, 3.63) is 70.1 Å². The molecule has 6 heteroatoms. The zero-order chi connectivity index (χ0) is 37.4. The van der Waals surface area contributed by atoms with Crippen LogP contribution in [0.4, 0.5) is 0 Å². The van der Waals surface area contributed by atoms with Gasteiger partial charge in [0.1, 0.15) is 12.2 Å². The van der Waals surface area contributed by atoms with Gasteiger partial charge in [0.25, 0.3) is 0 Å². The van der Waals surface area contributed by atoms with E-state index in [0.29, 0.717) is 35.5 Å². The van der Waals surface area contributed by atoms with Crippen molar-refractivity contribution in [1.29, 1.82) is 0 Å². The molecule has 286 valence electrons. The number of nitrogens with zero attached hydrogens (tertiary/aromatic N) is 2. The van der Waals surface area contributed by atoms with E-state index in [9.17, 15) is 9.59 Å². The van der Waals surface area contributed by atoms with Gasteiger partial charge < -0.3 is 9.47 Å². The fourth-order valence-electron chi connectivity index (χ4n) is 15.0. The van der Waals surface area contributed by atoms with E-state index in [1.54, 1.807) is 25.0 Å². The Hall–Kier alpha value is -3.28. The van der Waals surface area contributed by atoms with E-state index in [4.69, 9.17) is 19.4 Å². The SMILES string of the molecule is CC(=O)O[C@H]1CC[C@@]2(C)C(=CC[C@@H]3[C@@H]2CC[C@]2(C)c4nc(-c5ccc6c(n5)[C@@]5(C)CC[C@H]7[C@@H](CC=C8C[C@@H](OC(C)=O)CC[C@@]87C)[C@@H]5C6)ccc4C[C@@H]32)C1. The summed E-state index contributed by atoms with van der Waals surface area (Å²) in [5, 5.41) is 0. The second kappa shape index (κ2) is 12.1. The number of allylic oxidation sites excluding steroid dienone is 2. The molecule has 6 nitrogen and oxygen atoms in total. The van der Waals surface area contributed by atoms with Crippen LogP contribution in [0.3, 0.4) is 0 Å². The van der Waals surface area contributed by atoms with Crippen LogP contribution in [0, 0.1) is 46.3 Å². The number of hydrogen-bond acceptors (Lipinski definition) is 6. The van der Waals surface area contributed by atoms with E-state index < -0.39 is 0 Å². The van der Waals surface area contributed by atoms with Crippen LogP contribution in [-0.2, 0) is 42.7 Å². The van der Waals surface area contributed by atoms with E-state index in [2.05, 4.69) is 64.1 Å². The lowest BCUT2D eigenvalue weighted by molar-refractivity contribution is -0.149. The predicted octanol–water partition coefficient (Wildman–Crippen LogP) is 9.96. The molecule has 8 aliphatic rings. The minimum Gasteiger partial charge on any atom is -0.462 e. The van der Waals surface area contributed by atoms with Crippen LogP contribution in [0.25, 0.3) is 11.4 Å². The molecule has 4 fully saturated rings. The summed E-state index contributed by atoms with van der Waals surface area (Å²) < 4.78 is 11.4. The normalized spacial score (nSPS) is 42.6. The van der Waals surface area contributed by atoms with Gasteiger partial charge in [-0.15, -0.1) is 0 Å². The molecule has 54 heavy (non-hydrogen) atoms. The highest BCUT2D eigenvalue weighted by Crippen LogP contribution is 2.66. The van der Waals surface area contributed by atoms with E-state index >= 15 is 0 Å².